The number of carbonyl (C=O) groups excluding carboxylic acids is 2. The van der Waals surface area contributed by atoms with Crippen LogP contribution in [0.4, 0.5) is 10.8 Å². The Hall–Kier alpha value is -2.15. The number of anilines is 2. The fourth-order valence-electron chi connectivity index (χ4n) is 2.80. The first-order chi connectivity index (χ1) is 13.9. The zero-order chi connectivity index (χ0) is 21.0. The summed E-state index contributed by atoms with van der Waals surface area (Å²) in [7, 11) is 0. The lowest BCUT2D eigenvalue weighted by Crippen LogP contribution is -2.33. The van der Waals surface area contributed by atoms with Gasteiger partial charge in [0.25, 0.3) is 0 Å². The fraction of sp³-hybridized carbons (Fsp3) is 0.421. The highest BCUT2D eigenvalue weighted by atomic mass is 35.5. The number of hydrogen-bond acceptors (Lipinski definition) is 7. The van der Waals surface area contributed by atoms with Crippen LogP contribution in [0.1, 0.15) is 31.7 Å². The predicted octanol–water partition coefficient (Wildman–Crippen LogP) is 4.05. The molecule has 1 aliphatic carbocycles. The lowest BCUT2D eigenvalue weighted by Gasteiger charge is -2.22. The number of nitrogens with zero attached hydrogens (tertiary/aromatic N) is 5. The predicted molar refractivity (Wildman–Crippen MR) is 116 cm³/mol. The van der Waals surface area contributed by atoms with Gasteiger partial charge in [-0.25, -0.2) is 0 Å². The third kappa shape index (κ3) is 5.47. The number of hydrogen-bond donors (Lipinski definition) is 0. The van der Waals surface area contributed by atoms with Crippen molar-refractivity contribution in [2.45, 2.75) is 43.5 Å². The average molecular weight is 450 g/mol. The van der Waals surface area contributed by atoms with E-state index in [1.807, 2.05) is 13.0 Å². The lowest BCUT2D eigenvalue weighted by atomic mass is 10.2. The van der Waals surface area contributed by atoms with Gasteiger partial charge in [0.15, 0.2) is 4.34 Å². The molecule has 0 aliphatic heterocycles. The Bertz CT molecular complexity index is 954. The molecule has 0 unspecified atom stereocenters. The lowest BCUT2D eigenvalue weighted by molar-refractivity contribution is -0.117. The Morgan fingerprint density at radius 1 is 1.38 bits per heavy atom. The van der Waals surface area contributed by atoms with Crippen LogP contribution in [0.25, 0.3) is 0 Å². The minimum Gasteiger partial charge on any atom is -0.311 e. The van der Waals surface area contributed by atoms with Gasteiger partial charge < -0.3 is 4.90 Å². The Kier molecular flexibility index (Phi) is 7.11. The summed E-state index contributed by atoms with van der Waals surface area (Å²) in [6, 6.07) is 7.66. The minimum absolute atomic E-state index is 0.0444. The summed E-state index contributed by atoms with van der Waals surface area (Å²) in [5.74, 6) is -0.0167. The van der Waals surface area contributed by atoms with Gasteiger partial charge in [-0.1, -0.05) is 34.7 Å². The fourth-order valence-corrected chi connectivity index (χ4v) is 4.75. The van der Waals surface area contributed by atoms with E-state index in [2.05, 4.69) is 16.3 Å². The topological polar surface area (TPSA) is 90.2 Å². The summed E-state index contributed by atoms with van der Waals surface area (Å²) in [6.45, 7) is 3.70. The van der Waals surface area contributed by atoms with Crippen LogP contribution in [0.5, 0.6) is 0 Å². The van der Waals surface area contributed by atoms with E-state index in [1.54, 1.807) is 21.9 Å². The average Bonchev–Trinajstić information content (AvgIpc) is 3.40. The maximum absolute atomic E-state index is 12.8. The Balaban J connectivity index is 1.68. The molecule has 1 aliphatic rings. The Morgan fingerprint density at radius 2 is 2.14 bits per heavy atom. The number of halogens is 1. The molecule has 10 heteroatoms. The number of carbonyl (C=O) groups is 2. The van der Waals surface area contributed by atoms with Crippen LogP contribution in [0.3, 0.4) is 0 Å². The van der Waals surface area contributed by atoms with Gasteiger partial charge in [-0.3, -0.25) is 14.5 Å². The molecule has 0 N–H and O–H groups in total. The molecular formula is C19H20ClN5O2S2. The smallest absolute Gasteiger partial charge is 0.237 e. The third-order valence-corrected chi connectivity index (χ3v) is 6.84. The van der Waals surface area contributed by atoms with Crippen LogP contribution in [0.2, 0.25) is 5.02 Å². The standard InChI is InChI=1S/C19H20ClN5O2S2/c1-12-10-15(6-7-16(12)20)24(9-3-8-21)17(27)11-28-19-23-22-18(29-19)25(13(2)26)14-4-5-14/h6-7,10,14H,3-5,9,11H2,1-2H3. The number of benzene rings is 1. The molecule has 0 radical (unpaired) electrons. The first kappa shape index (κ1) is 21.6. The number of nitriles is 1. The molecule has 1 aromatic heterocycles. The Morgan fingerprint density at radius 3 is 2.76 bits per heavy atom. The highest BCUT2D eigenvalue weighted by molar-refractivity contribution is 8.01. The SMILES string of the molecule is CC(=O)N(c1nnc(SCC(=O)N(CCC#N)c2ccc(Cl)c(C)c2)s1)C1CC1. The van der Waals surface area contributed by atoms with Crippen molar-refractivity contribution in [1.82, 2.24) is 10.2 Å². The van der Waals surface area contributed by atoms with Gasteiger partial charge in [-0.15, -0.1) is 10.2 Å². The van der Waals surface area contributed by atoms with Gasteiger partial charge in [-0.2, -0.15) is 5.26 Å². The molecule has 2 aromatic rings. The highest BCUT2D eigenvalue weighted by Gasteiger charge is 2.34. The molecule has 0 spiro atoms. The number of amides is 2. The maximum atomic E-state index is 12.8. The molecule has 1 fully saturated rings. The second kappa shape index (κ2) is 9.57. The molecule has 3 rings (SSSR count). The molecule has 0 saturated heterocycles. The van der Waals surface area contributed by atoms with Gasteiger partial charge in [-0.05, 0) is 43.5 Å². The summed E-state index contributed by atoms with van der Waals surface area (Å²) in [5.41, 5.74) is 1.58. The van der Waals surface area contributed by atoms with Gasteiger partial charge >= 0.3 is 0 Å². The third-order valence-electron chi connectivity index (χ3n) is 4.37. The van der Waals surface area contributed by atoms with E-state index in [0.717, 1.165) is 18.4 Å². The van der Waals surface area contributed by atoms with Gasteiger partial charge in [0.2, 0.25) is 16.9 Å². The monoisotopic (exact) mass is 449 g/mol. The van der Waals surface area contributed by atoms with Crippen molar-refractivity contribution in [3.05, 3.63) is 28.8 Å². The second-order valence-corrected chi connectivity index (χ2v) is 9.23. The highest BCUT2D eigenvalue weighted by Crippen LogP contribution is 2.36. The van der Waals surface area contributed by atoms with Crippen molar-refractivity contribution in [3.63, 3.8) is 0 Å². The number of rotatable bonds is 8. The van der Waals surface area contributed by atoms with Crippen LogP contribution in [-0.2, 0) is 9.59 Å². The number of aromatic nitrogens is 2. The van der Waals surface area contributed by atoms with Crippen molar-refractivity contribution in [1.29, 1.82) is 5.26 Å². The van der Waals surface area contributed by atoms with E-state index in [9.17, 15) is 9.59 Å². The zero-order valence-corrected chi connectivity index (χ0v) is 18.5. The maximum Gasteiger partial charge on any atom is 0.237 e. The van der Waals surface area contributed by atoms with E-state index >= 15 is 0 Å². The van der Waals surface area contributed by atoms with Gasteiger partial charge in [0, 0.05) is 30.2 Å². The van der Waals surface area contributed by atoms with Crippen LogP contribution in [0.15, 0.2) is 22.5 Å². The van der Waals surface area contributed by atoms with Crippen LogP contribution < -0.4 is 9.80 Å². The number of aryl methyl sites for hydroxylation is 1. The van der Waals surface area contributed by atoms with Gasteiger partial charge in [0.05, 0.1) is 18.2 Å². The normalized spacial score (nSPS) is 13.0. The van der Waals surface area contributed by atoms with Crippen LogP contribution >= 0.6 is 34.7 Å². The summed E-state index contributed by atoms with van der Waals surface area (Å²) in [6.07, 6.45) is 2.19. The molecule has 1 heterocycles. The van der Waals surface area contributed by atoms with E-state index in [-0.39, 0.29) is 30.0 Å². The second-order valence-electron chi connectivity index (χ2n) is 6.65. The van der Waals surface area contributed by atoms with Crippen LogP contribution in [-0.4, -0.2) is 40.4 Å². The molecule has 1 aromatic carbocycles. The van der Waals surface area contributed by atoms with Crippen LogP contribution in [0, 0.1) is 18.3 Å². The molecule has 0 atom stereocenters. The summed E-state index contributed by atoms with van der Waals surface area (Å²) in [5, 5.41) is 18.4. The van der Waals surface area contributed by atoms with Crippen molar-refractivity contribution in [2.24, 2.45) is 0 Å². The molecule has 152 valence electrons. The first-order valence-corrected chi connectivity index (χ1v) is 11.3. The number of thioether (sulfide) groups is 1. The molecule has 7 nitrogen and oxygen atoms in total. The van der Waals surface area contributed by atoms with E-state index < -0.39 is 0 Å². The zero-order valence-electron chi connectivity index (χ0n) is 16.1. The molecule has 2 amide bonds. The Labute approximate surface area is 182 Å². The minimum atomic E-state index is -0.130. The van der Waals surface area contributed by atoms with E-state index in [1.165, 1.54) is 30.0 Å². The van der Waals surface area contributed by atoms with Crippen molar-refractivity contribution >= 4 is 57.3 Å². The summed E-state index contributed by atoms with van der Waals surface area (Å²) < 4.78 is 0.632. The summed E-state index contributed by atoms with van der Waals surface area (Å²) >= 11 is 8.68. The van der Waals surface area contributed by atoms with Crippen molar-refractivity contribution < 1.29 is 9.59 Å². The van der Waals surface area contributed by atoms with E-state index in [0.29, 0.717) is 26.7 Å². The van der Waals surface area contributed by atoms with Crippen molar-refractivity contribution in [2.75, 3.05) is 22.1 Å². The first-order valence-electron chi connectivity index (χ1n) is 9.10. The quantitative estimate of drug-likeness (QED) is 0.446. The summed E-state index contributed by atoms with van der Waals surface area (Å²) in [4.78, 5) is 28.0. The molecule has 0 bridgehead atoms. The van der Waals surface area contributed by atoms with Crippen molar-refractivity contribution in [3.8, 4) is 6.07 Å². The largest absolute Gasteiger partial charge is 0.311 e. The van der Waals surface area contributed by atoms with Gasteiger partial charge in [0.1, 0.15) is 0 Å². The molecule has 29 heavy (non-hydrogen) atoms. The molecule has 1 saturated carbocycles. The molecular weight excluding hydrogens is 430 g/mol. The van der Waals surface area contributed by atoms with E-state index in [4.69, 9.17) is 16.9 Å².